The lowest BCUT2D eigenvalue weighted by Gasteiger charge is -2.39. The highest BCUT2D eigenvalue weighted by Gasteiger charge is 2.42. The summed E-state index contributed by atoms with van der Waals surface area (Å²) in [5.41, 5.74) is -1.75. The third kappa shape index (κ3) is 4.60. The van der Waals surface area contributed by atoms with Crippen molar-refractivity contribution >= 4 is 33.6 Å². The minimum absolute atomic E-state index is 0.0403. The largest absolute Gasteiger partial charge is 0.492 e. The van der Waals surface area contributed by atoms with Gasteiger partial charge in [0.15, 0.2) is 5.76 Å². The highest BCUT2D eigenvalue weighted by molar-refractivity contribution is 14.1. The number of imidazole rings is 1. The molecule has 1 saturated heterocycles. The smallest absolute Gasteiger partial charge is 0.418 e. The van der Waals surface area contributed by atoms with Gasteiger partial charge in [0.25, 0.3) is 3.90 Å². The highest BCUT2D eigenvalue weighted by Crippen LogP contribution is 2.39. The Hall–Kier alpha value is -1.86. The van der Waals surface area contributed by atoms with Crippen molar-refractivity contribution in [3.63, 3.8) is 0 Å². The van der Waals surface area contributed by atoms with Crippen molar-refractivity contribution in [1.29, 1.82) is 0 Å². The summed E-state index contributed by atoms with van der Waals surface area (Å²) >= 11 is 1.93. The van der Waals surface area contributed by atoms with Gasteiger partial charge in [-0.05, 0) is 33.3 Å². The lowest BCUT2D eigenvalue weighted by Crippen LogP contribution is -2.53. The van der Waals surface area contributed by atoms with Crippen LogP contribution in [-0.4, -0.2) is 38.3 Å². The fourth-order valence-corrected chi connectivity index (χ4v) is 4.70. The van der Waals surface area contributed by atoms with Gasteiger partial charge in [0.2, 0.25) is 0 Å². The van der Waals surface area contributed by atoms with E-state index in [0.717, 1.165) is 6.07 Å². The van der Waals surface area contributed by atoms with Gasteiger partial charge in [-0.25, -0.2) is 9.97 Å². The molecule has 2 aromatic heterocycles. The van der Waals surface area contributed by atoms with Gasteiger partial charge in [0.05, 0.1) is 29.1 Å². The molecule has 2 N–H and O–H groups in total. The summed E-state index contributed by atoms with van der Waals surface area (Å²) in [4.78, 5) is 8.20. The fourth-order valence-electron chi connectivity index (χ4n) is 4.33. The van der Waals surface area contributed by atoms with Gasteiger partial charge in [-0.2, -0.15) is 13.2 Å². The molecule has 1 aliphatic heterocycles. The van der Waals surface area contributed by atoms with Crippen LogP contribution < -0.4 is 10.1 Å². The maximum atomic E-state index is 13.8. The standard InChI is InChI=1S/C21H24F3IN4O3/c1-11(2)29-10-27-16-5-14(4-15(18(16)29)21(22,23)24)31-9-13-7-20(30,6-12(3)28-13)17-8-26-19(25)32-17/h4-5,8,10-13,28,30H,6-7,9H2,1-3H3/t12-,13-,20-/m0/s1. The Labute approximate surface area is 196 Å². The first kappa shape index (κ1) is 23.3. The Kier molecular flexibility index (Phi) is 6.18. The van der Waals surface area contributed by atoms with E-state index in [-0.39, 0.29) is 47.9 Å². The van der Waals surface area contributed by atoms with E-state index in [1.165, 1.54) is 23.2 Å². The molecule has 3 aromatic rings. The Bertz CT molecular complexity index is 1110. The van der Waals surface area contributed by atoms with Crippen LogP contribution in [0.2, 0.25) is 0 Å². The first-order valence-corrected chi connectivity index (χ1v) is 11.3. The molecule has 3 atom stereocenters. The van der Waals surface area contributed by atoms with Crippen LogP contribution in [0.25, 0.3) is 11.0 Å². The first-order valence-electron chi connectivity index (χ1n) is 10.3. The number of alkyl halides is 3. The summed E-state index contributed by atoms with van der Waals surface area (Å²) in [6, 6.07) is 2.00. The quantitative estimate of drug-likeness (QED) is 0.440. The third-order valence-electron chi connectivity index (χ3n) is 5.64. The second-order valence-corrected chi connectivity index (χ2v) is 9.50. The van der Waals surface area contributed by atoms with Crippen LogP contribution in [0.1, 0.15) is 51.0 Å². The molecule has 0 saturated carbocycles. The van der Waals surface area contributed by atoms with E-state index in [1.807, 2.05) is 29.5 Å². The molecule has 3 heterocycles. The number of oxazole rings is 1. The minimum atomic E-state index is -4.55. The third-order valence-corrected chi connectivity index (χ3v) is 6.14. The summed E-state index contributed by atoms with van der Waals surface area (Å²) in [5.74, 6) is 0.455. The monoisotopic (exact) mass is 564 g/mol. The number of nitrogens with one attached hydrogen (secondary N) is 1. The molecule has 1 aromatic carbocycles. The molecule has 1 fully saturated rings. The number of fused-ring (bicyclic) bond motifs is 1. The minimum Gasteiger partial charge on any atom is -0.492 e. The number of aliphatic hydroxyl groups is 1. The van der Waals surface area contributed by atoms with Gasteiger partial charge in [0.1, 0.15) is 18.0 Å². The number of aromatic nitrogens is 3. The molecule has 0 amide bonds. The van der Waals surface area contributed by atoms with Crippen molar-refractivity contribution in [3.05, 3.63) is 39.9 Å². The maximum Gasteiger partial charge on any atom is 0.418 e. The Morgan fingerprint density at radius 3 is 2.72 bits per heavy atom. The zero-order valence-corrected chi connectivity index (χ0v) is 19.9. The van der Waals surface area contributed by atoms with Gasteiger partial charge < -0.3 is 24.1 Å². The second kappa shape index (κ2) is 8.49. The van der Waals surface area contributed by atoms with Gasteiger partial charge in [-0.3, -0.25) is 0 Å². The molecule has 0 bridgehead atoms. The lowest BCUT2D eigenvalue weighted by molar-refractivity contribution is -0.136. The van der Waals surface area contributed by atoms with Crippen LogP contribution >= 0.6 is 22.6 Å². The van der Waals surface area contributed by atoms with E-state index < -0.39 is 17.3 Å². The van der Waals surface area contributed by atoms with Crippen molar-refractivity contribution < 1.29 is 27.4 Å². The molecular formula is C21H24F3IN4O3. The second-order valence-electron chi connectivity index (χ2n) is 8.57. The van der Waals surface area contributed by atoms with Crippen molar-refractivity contribution in [3.8, 4) is 5.75 Å². The molecule has 7 nitrogen and oxygen atoms in total. The van der Waals surface area contributed by atoms with E-state index in [9.17, 15) is 18.3 Å². The Morgan fingerprint density at radius 1 is 1.34 bits per heavy atom. The number of nitrogens with zero attached hydrogens (tertiary/aromatic N) is 3. The van der Waals surface area contributed by atoms with Crippen LogP contribution in [-0.2, 0) is 11.8 Å². The summed E-state index contributed by atoms with van der Waals surface area (Å²) in [7, 11) is 0. The SMILES string of the molecule is CC(C)n1cnc2cc(OC[C@@H]3C[C@](O)(c4cnc(I)o4)C[C@H](C)N3)cc(C(F)(F)F)c21. The van der Waals surface area contributed by atoms with E-state index >= 15 is 0 Å². The van der Waals surface area contributed by atoms with Crippen molar-refractivity contribution in [2.24, 2.45) is 0 Å². The summed E-state index contributed by atoms with van der Waals surface area (Å²) in [5, 5.41) is 14.5. The number of benzene rings is 1. The predicted octanol–water partition coefficient (Wildman–Crippen LogP) is 4.64. The molecular weight excluding hydrogens is 540 g/mol. The van der Waals surface area contributed by atoms with E-state index in [4.69, 9.17) is 9.15 Å². The zero-order chi connectivity index (χ0) is 23.3. The number of hydrogen-bond acceptors (Lipinski definition) is 6. The van der Waals surface area contributed by atoms with Crippen LogP contribution in [0.5, 0.6) is 5.75 Å². The number of ether oxygens (including phenoxy) is 1. The predicted molar refractivity (Wildman–Crippen MR) is 119 cm³/mol. The summed E-state index contributed by atoms with van der Waals surface area (Å²) < 4.78 is 54.6. The molecule has 0 unspecified atom stereocenters. The highest BCUT2D eigenvalue weighted by atomic mass is 127. The van der Waals surface area contributed by atoms with Crippen molar-refractivity contribution in [1.82, 2.24) is 19.9 Å². The topological polar surface area (TPSA) is 85.3 Å². The van der Waals surface area contributed by atoms with Crippen LogP contribution in [0.15, 0.2) is 29.1 Å². The van der Waals surface area contributed by atoms with E-state index in [0.29, 0.717) is 16.1 Å². The van der Waals surface area contributed by atoms with Gasteiger partial charge >= 0.3 is 6.18 Å². The first-order chi connectivity index (χ1) is 15.0. The normalized spacial score (nSPS) is 24.4. The van der Waals surface area contributed by atoms with Crippen molar-refractivity contribution in [2.75, 3.05) is 6.61 Å². The molecule has 11 heteroatoms. The number of halogens is 4. The van der Waals surface area contributed by atoms with E-state index in [2.05, 4.69) is 15.3 Å². The van der Waals surface area contributed by atoms with Gasteiger partial charge in [0, 0.05) is 53.2 Å². The maximum absolute atomic E-state index is 13.8. The van der Waals surface area contributed by atoms with Crippen molar-refractivity contribution in [2.45, 2.75) is 63.5 Å². The average Bonchev–Trinajstić information content (AvgIpc) is 3.31. The molecule has 0 aliphatic carbocycles. The Balaban J connectivity index is 1.57. The molecule has 4 rings (SSSR count). The average molecular weight is 564 g/mol. The Morgan fingerprint density at radius 2 is 2.09 bits per heavy atom. The lowest BCUT2D eigenvalue weighted by atomic mass is 9.82. The molecule has 32 heavy (non-hydrogen) atoms. The molecule has 174 valence electrons. The van der Waals surface area contributed by atoms with Crippen LogP contribution in [0, 0.1) is 3.90 Å². The van der Waals surface area contributed by atoms with Crippen LogP contribution in [0.3, 0.4) is 0 Å². The van der Waals surface area contributed by atoms with E-state index in [1.54, 1.807) is 13.8 Å². The van der Waals surface area contributed by atoms with Gasteiger partial charge in [-0.1, -0.05) is 0 Å². The number of hydrogen-bond donors (Lipinski definition) is 2. The fraction of sp³-hybridized carbons (Fsp3) is 0.524. The molecule has 1 aliphatic rings. The number of rotatable bonds is 5. The molecule has 0 radical (unpaired) electrons. The summed E-state index contributed by atoms with van der Waals surface area (Å²) in [6.45, 7) is 5.60. The molecule has 0 spiro atoms. The van der Waals surface area contributed by atoms with Gasteiger partial charge in [-0.15, -0.1) is 0 Å². The number of piperidine rings is 1. The zero-order valence-electron chi connectivity index (χ0n) is 17.8. The van der Waals surface area contributed by atoms with Crippen LogP contribution in [0.4, 0.5) is 13.2 Å². The summed E-state index contributed by atoms with van der Waals surface area (Å²) in [6.07, 6.45) is -0.931.